The van der Waals surface area contributed by atoms with Crippen molar-refractivity contribution in [3.05, 3.63) is 12.7 Å². The average Bonchev–Trinajstić information content (AvgIpc) is 3.41. The molecule has 2 aliphatic heterocycles. The van der Waals surface area contributed by atoms with Crippen LogP contribution in [0.25, 0.3) is 11.2 Å². The Hall–Kier alpha value is -1.59. The molecule has 3 aliphatic rings. The van der Waals surface area contributed by atoms with Gasteiger partial charge in [-0.25, -0.2) is 24.1 Å². The highest BCUT2D eigenvalue weighted by Crippen LogP contribution is 2.61. The topological polar surface area (TPSA) is 248 Å². The molecular formula is C16H23N5O12P2. The number of aliphatic hydroxyl groups excluding tert-OH is 4. The van der Waals surface area contributed by atoms with Gasteiger partial charge >= 0.3 is 15.6 Å². The standard InChI is InChI=1S/C16H23N5O12P2/c22-10-6-1-7(11(10)23)20-14-9-15(18-4-17-14)21(5-19-9)16-13(25)12(24)8(32-16)3-31-35(28,29)33-34(26,27)30-2-6/h4-8,10-13,16,22-25H,1-3H2,(H,26,27)(H,28,29)(H,17,18,20)/t6-,7-,8-,10-,11+,12-,13-,16-/m1/s1. The van der Waals surface area contributed by atoms with Gasteiger partial charge in [0, 0.05) is 5.92 Å². The Labute approximate surface area is 196 Å². The van der Waals surface area contributed by atoms with E-state index in [2.05, 4.69) is 29.1 Å². The number of nitrogens with one attached hydrogen (secondary N) is 1. The zero-order valence-electron chi connectivity index (χ0n) is 17.7. The van der Waals surface area contributed by atoms with Crippen molar-refractivity contribution in [2.75, 3.05) is 18.5 Å². The minimum atomic E-state index is -5.20. The molecule has 2 aromatic heterocycles. The van der Waals surface area contributed by atoms with E-state index in [9.17, 15) is 39.3 Å². The Morgan fingerprint density at radius 3 is 2.40 bits per heavy atom. The Morgan fingerprint density at radius 2 is 1.66 bits per heavy atom. The molecule has 5 rings (SSSR count). The summed E-state index contributed by atoms with van der Waals surface area (Å²) >= 11 is 0. The number of nitrogens with zero attached hydrogens (tertiary/aromatic N) is 4. The van der Waals surface area contributed by atoms with Crippen LogP contribution in [-0.4, -0.2) is 99.5 Å². The molecule has 0 radical (unpaired) electrons. The molecule has 4 heterocycles. The minimum absolute atomic E-state index is 0.0557. The van der Waals surface area contributed by atoms with E-state index < -0.39 is 77.6 Å². The summed E-state index contributed by atoms with van der Waals surface area (Å²) in [6, 6.07) is -0.786. The molecule has 0 amide bonds. The van der Waals surface area contributed by atoms with Crippen LogP contribution < -0.4 is 5.32 Å². The second-order valence-corrected chi connectivity index (χ2v) is 11.5. The maximum absolute atomic E-state index is 12.2. The summed E-state index contributed by atoms with van der Waals surface area (Å²) in [7, 11) is -10.3. The van der Waals surface area contributed by atoms with E-state index in [1.165, 1.54) is 17.2 Å². The second kappa shape index (κ2) is 9.06. The highest BCUT2D eigenvalue weighted by atomic mass is 31.3. The molecule has 0 aromatic carbocycles. The predicted molar refractivity (Wildman–Crippen MR) is 111 cm³/mol. The lowest BCUT2D eigenvalue weighted by Gasteiger charge is -2.21. The number of phosphoric ester groups is 2. The molecule has 2 fully saturated rings. The fourth-order valence-corrected chi connectivity index (χ4v) is 6.52. The summed E-state index contributed by atoms with van der Waals surface area (Å²) in [5.41, 5.74) is 0.430. The maximum Gasteiger partial charge on any atom is 0.481 e. The number of phosphoric acid groups is 2. The number of rotatable bonds is 0. The van der Waals surface area contributed by atoms with E-state index in [0.29, 0.717) is 0 Å². The first-order valence-electron chi connectivity index (χ1n) is 10.4. The average molecular weight is 539 g/mol. The van der Waals surface area contributed by atoms with Gasteiger partial charge in [-0.3, -0.25) is 13.6 Å². The molecule has 10 atom stereocenters. The van der Waals surface area contributed by atoms with E-state index in [0.717, 1.165) is 0 Å². The number of anilines is 1. The van der Waals surface area contributed by atoms with Crippen molar-refractivity contribution < 1.29 is 57.4 Å². The number of imidazole rings is 1. The SMILES string of the molecule is O=P1(O)OC[C@H]2C[C@@H](Nc3ncnc4c3ncn4[C@@H]3O[C@H](COP(=O)(O)O1)[C@@H](O)[C@H]3O)[C@H](O)[C@@H]2O. The zero-order valence-corrected chi connectivity index (χ0v) is 19.5. The van der Waals surface area contributed by atoms with Crippen LogP contribution in [0.4, 0.5) is 5.82 Å². The van der Waals surface area contributed by atoms with Crippen LogP contribution in [0.2, 0.25) is 0 Å². The highest BCUT2D eigenvalue weighted by Gasteiger charge is 2.47. The van der Waals surface area contributed by atoms with Crippen LogP contribution in [-0.2, 0) is 27.2 Å². The molecule has 0 spiro atoms. The van der Waals surface area contributed by atoms with Gasteiger partial charge in [0.15, 0.2) is 23.2 Å². The first-order chi connectivity index (χ1) is 16.5. The summed E-state index contributed by atoms with van der Waals surface area (Å²) in [6.45, 7) is -1.40. The fraction of sp³-hybridized carbons (Fsp3) is 0.688. The molecule has 1 saturated carbocycles. The van der Waals surface area contributed by atoms with E-state index in [-0.39, 0.29) is 23.4 Å². The number of aliphatic hydroxyl groups is 4. The first-order valence-corrected chi connectivity index (χ1v) is 13.4. The largest absolute Gasteiger partial charge is 0.481 e. The molecule has 19 heteroatoms. The van der Waals surface area contributed by atoms with Crippen molar-refractivity contribution in [1.82, 2.24) is 19.5 Å². The van der Waals surface area contributed by atoms with Gasteiger partial charge in [0.2, 0.25) is 0 Å². The van der Waals surface area contributed by atoms with E-state index in [4.69, 9.17) is 9.26 Å². The van der Waals surface area contributed by atoms with E-state index >= 15 is 0 Å². The van der Waals surface area contributed by atoms with Gasteiger partial charge in [-0.1, -0.05) is 0 Å². The van der Waals surface area contributed by atoms with Crippen molar-refractivity contribution in [3.63, 3.8) is 0 Å². The smallest absolute Gasteiger partial charge is 0.390 e. The Balaban J connectivity index is 1.52. The number of aromatic nitrogens is 4. The number of hydrogen-bond donors (Lipinski definition) is 7. The lowest BCUT2D eigenvalue weighted by molar-refractivity contribution is -0.0504. The molecule has 1 saturated heterocycles. The van der Waals surface area contributed by atoms with Crippen LogP contribution in [0.1, 0.15) is 12.6 Å². The Morgan fingerprint density at radius 1 is 0.943 bits per heavy atom. The lowest BCUT2D eigenvalue weighted by Crippen LogP contribution is -2.35. The van der Waals surface area contributed by atoms with E-state index in [1.54, 1.807) is 0 Å². The third-order valence-electron chi connectivity index (χ3n) is 6.15. The van der Waals surface area contributed by atoms with Gasteiger partial charge in [-0.2, -0.15) is 4.31 Å². The van der Waals surface area contributed by atoms with E-state index in [1.807, 2.05) is 0 Å². The Kier molecular flexibility index (Phi) is 6.49. The first kappa shape index (κ1) is 25.1. The number of ether oxygens (including phenoxy) is 1. The zero-order chi connectivity index (χ0) is 25.1. The highest BCUT2D eigenvalue weighted by molar-refractivity contribution is 7.61. The summed E-state index contributed by atoms with van der Waals surface area (Å²) in [6.07, 6.45) is -5.87. The van der Waals surface area contributed by atoms with Crippen LogP contribution in [0.3, 0.4) is 0 Å². The summed E-state index contributed by atoms with van der Waals surface area (Å²) in [4.78, 5) is 32.2. The molecule has 8 bridgehead atoms. The van der Waals surface area contributed by atoms with Crippen LogP contribution >= 0.6 is 15.6 Å². The van der Waals surface area contributed by atoms with Crippen molar-refractivity contribution in [3.8, 4) is 0 Å². The van der Waals surface area contributed by atoms with Gasteiger partial charge in [-0.05, 0) is 6.42 Å². The normalized spacial score (nSPS) is 44.7. The molecular weight excluding hydrogens is 516 g/mol. The molecule has 7 N–H and O–H groups in total. The fourth-order valence-electron chi connectivity index (χ4n) is 4.38. The maximum atomic E-state index is 12.2. The van der Waals surface area contributed by atoms with Gasteiger partial charge in [0.1, 0.15) is 30.7 Å². The minimum Gasteiger partial charge on any atom is -0.390 e. The molecule has 1 aliphatic carbocycles. The summed E-state index contributed by atoms with van der Waals surface area (Å²) in [5.74, 6) is -0.660. The molecule has 35 heavy (non-hydrogen) atoms. The van der Waals surface area contributed by atoms with Gasteiger partial charge < -0.3 is 40.3 Å². The van der Waals surface area contributed by atoms with Crippen LogP contribution in [0.15, 0.2) is 12.7 Å². The number of fused-ring (bicyclic) bond motifs is 5. The van der Waals surface area contributed by atoms with Crippen molar-refractivity contribution in [1.29, 1.82) is 0 Å². The third-order valence-corrected chi connectivity index (χ3v) is 8.76. The Bertz CT molecular complexity index is 1200. The summed E-state index contributed by atoms with van der Waals surface area (Å²) in [5, 5.41) is 44.7. The van der Waals surface area contributed by atoms with Crippen LogP contribution in [0.5, 0.6) is 0 Å². The molecule has 17 nitrogen and oxygen atoms in total. The van der Waals surface area contributed by atoms with Gasteiger partial charge in [0.05, 0.1) is 31.7 Å². The van der Waals surface area contributed by atoms with Gasteiger partial charge in [-0.15, -0.1) is 0 Å². The predicted octanol–water partition coefficient (Wildman–Crippen LogP) is -1.77. The quantitative estimate of drug-likeness (QED) is 0.183. The molecule has 2 aromatic rings. The summed E-state index contributed by atoms with van der Waals surface area (Å²) < 4.78 is 45.0. The molecule has 194 valence electrons. The van der Waals surface area contributed by atoms with Crippen molar-refractivity contribution in [2.24, 2.45) is 5.92 Å². The van der Waals surface area contributed by atoms with Crippen molar-refractivity contribution in [2.45, 2.75) is 49.2 Å². The van der Waals surface area contributed by atoms with Gasteiger partial charge in [0.25, 0.3) is 0 Å². The lowest BCUT2D eigenvalue weighted by atomic mass is 10.1. The third kappa shape index (κ3) is 4.75. The monoisotopic (exact) mass is 539 g/mol. The number of hydrogen-bond acceptors (Lipinski definition) is 14. The second-order valence-electron chi connectivity index (χ2n) is 8.43. The molecule has 2 unspecified atom stereocenters. The van der Waals surface area contributed by atoms with Crippen LogP contribution in [0, 0.1) is 5.92 Å². The van der Waals surface area contributed by atoms with Crippen molar-refractivity contribution >= 4 is 32.6 Å².